The molecule has 6 heteroatoms. The first-order valence-corrected chi connectivity index (χ1v) is 12.9. The standard InChI is InChI=1S/C31H33N3O3/c1-37-26-12-13-28-27(20-26)25(21-33-28)14-17-32-30(35)24-15-18-34(19-16-24)31(36)29(22-8-4-2-5-9-22)23-10-6-3-7-11-23/h2-13,20-21,24,29,33H,14-19H2,1H3,(H,32,35). The monoisotopic (exact) mass is 495 g/mol. The van der Waals surface area contributed by atoms with Gasteiger partial charge in [-0.1, -0.05) is 60.7 Å². The number of benzene rings is 3. The Morgan fingerprint density at radius 1 is 0.973 bits per heavy atom. The van der Waals surface area contributed by atoms with Crippen LogP contribution >= 0.6 is 0 Å². The molecule has 0 bridgehead atoms. The van der Waals surface area contributed by atoms with Gasteiger partial charge in [-0.2, -0.15) is 0 Å². The second-order valence-electron chi connectivity index (χ2n) is 9.62. The van der Waals surface area contributed by atoms with Crippen LogP contribution in [0.15, 0.2) is 85.1 Å². The SMILES string of the molecule is COc1ccc2[nH]cc(CCNC(=O)C3CCN(C(=O)C(c4ccccc4)c4ccccc4)CC3)c2c1. The van der Waals surface area contributed by atoms with E-state index in [0.717, 1.165) is 39.8 Å². The van der Waals surface area contributed by atoms with Gasteiger partial charge in [-0.3, -0.25) is 9.59 Å². The maximum atomic E-state index is 13.6. The summed E-state index contributed by atoms with van der Waals surface area (Å²) in [4.78, 5) is 31.8. The number of aromatic nitrogens is 1. The molecule has 1 aliphatic heterocycles. The third-order valence-electron chi connectivity index (χ3n) is 7.36. The lowest BCUT2D eigenvalue weighted by molar-refractivity contribution is -0.136. The number of rotatable bonds is 8. The fraction of sp³-hybridized carbons (Fsp3) is 0.290. The number of piperidine rings is 1. The molecule has 5 rings (SSSR count). The minimum atomic E-state index is -0.331. The van der Waals surface area contributed by atoms with Gasteiger partial charge < -0.3 is 19.9 Å². The highest BCUT2D eigenvalue weighted by molar-refractivity contribution is 5.88. The van der Waals surface area contributed by atoms with Crippen molar-refractivity contribution in [3.05, 3.63) is 102 Å². The molecule has 4 aromatic rings. The minimum absolute atomic E-state index is 0.0704. The van der Waals surface area contributed by atoms with Gasteiger partial charge in [-0.25, -0.2) is 0 Å². The van der Waals surface area contributed by atoms with E-state index in [0.29, 0.717) is 32.5 Å². The Morgan fingerprint density at radius 3 is 2.24 bits per heavy atom. The number of carbonyl (C=O) groups excluding carboxylic acids is 2. The molecular formula is C31H33N3O3. The molecule has 6 nitrogen and oxygen atoms in total. The third-order valence-corrected chi connectivity index (χ3v) is 7.36. The first-order chi connectivity index (χ1) is 18.1. The van der Waals surface area contributed by atoms with Crippen molar-refractivity contribution < 1.29 is 14.3 Å². The first-order valence-electron chi connectivity index (χ1n) is 12.9. The molecule has 37 heavy (non-hydrogen) atoms. The Labute approximate surface area is 217 Å². The zero-order chi connectivity index (χ0) is 25.6. The average Bonchev–Trinajstić information content (AvgIpc) is 3.36. The van der Waals surface area contributed by atoms with E-state index < -0.39 is 0 Å². The molecule has 2 heterocycles. The summed E-state index contributed by atoms with van der Waals surface area (Å²) in [6, 6.07) is 25.8. The second-order valence-corrected chi connectivity index (χ2v) is 9.62. The van der Waals surface area contributed by atoms with E-state index in [4.69, 9.17) is 4.74 Å². The number of H-pyrrole nitrogens is 1. The molecule has 0 aliphatic carbocycles. The Bertz CT molecular complexity index is 1300. The summed E-state index contributed by atoms with van der Waals surface area (Å²) in [5, 5.41) is 4.23. The first kappa shape index (κ1) is 24.6. The van der Waals surface area contributed by atoms with E-state index in [9.17, 15) is 9.59 Å². The fourth-order valence-electron chi connectivity index (χ4n) is 5.27. The Morgan fingerprint density at radius 2 is 1.62 bits per heavy atom. The highest BCUT2D eigenvalue weighted by Crippen LogP contribution is 2.29. The van der Waals surface area contributed by atoms with Gasteiger partial charge in [-0.05, 0) is 54.2 Å². The van der Waals surface area contributed by atoms with Gasteiger partial charge in [0.2, 0.25) is 11.8 Å². The highest BCUT2D eigenvalue weighted by atomic mass is 16.5. The number of methoxy groups -OCH3 is 1. The molecule has 2 N–H and O–H groups in total. The largest absolute Gasteiger partial charge is 0.497 e. The van der Waals surface area contributed by atoms with Crippen molar-refractivity contribution in [1.82, 2.24) is 15.2 Å². The predicted molar refractivity (Wildman–Crippen MR) is 146 cm³/mol. The highest BCUT2D eigenvalue weighted by Gasteiger charge is 2.32. The van der Waals surface area contributed by atoms with Gasteiger partial charge >= 0.3 is 0 Å². The van der Waals surface area contributed by atoms with Crippen LogP contribution in [0.25, 0.3) is 10.9 Å². The van der Waals surface area contributed by atoms with Crippen LogP contribution in [0.2, 0.25) is 0 Å². The molecule has 1 saturated heterocycles. The van der Waals surface area contributed by atoms with E-state index in [1.165, 1.54) is 0 Å². The maximum absolute atomic E-state index is 13.6. The summed E-state index contributed by atoms with van der Waals surface area (Å²) >= 11 is 0. The van der Waals surface area contributed by atoms with Crippen LogP contribution in [0.1, 0.15) is 35.4 Å². The van der Waals surface area contributed by atoms with Gasteiger partial charge in [0.25, 0.3) is 0 Å². The molecule has 3 aromatic carbocycles. The number of nitrogens with one attached hydrogen (secondary N) is 2. The van der Waals surface area contributed by atoms with Crippen molar-refractivity contribution >= 4 is 22.7 Å². The summed E-state index contributed by atoms with van der Waals surface area (Å²) in [7, 11) is 1.66. The second kappa shape index (κ2) is 11.3. The van der Waals surface area contributed by atoms with Crippen LogP contribution in [-0.4, -0.2) is 48.4 Å². The molecule has 1 aromatic heterocycles. The molecule has 0 atom stereocenters. The van der Waals surface area contributed by atoms with E-state index in [-0.39, 0.29) is 23.7 Å². The van der Waals surface area contributed by atoms with Crippen molar-refractivity contribution in [1.29, 1.82) is 0 Å². The van der Waals surface area contributed by atoms with Crippen molar-refractivity contribution in [2.75, 3.05) is 26.7 Å². The number of aromatic amines is 1. The molecule has 0 spiro atoms. The molecule has 2 amide bonds. The van der Waals surface area contributed by atoms with Gasteiger partial charge in [0.05, 0.1) is 13.0 Å². The molecule has 0 saturated carbocycles. The van der Waals surface area contributed by atoms with Gasteiger partial charge in [0.15, 0.2) is 0 Å². The van der Waals surface area contributed by atoms with Crippen LogP contribution < -0.4 is 10.1 Å². The minimum Gasteiger partial charge on any atom is -0.497 e. The lowest BCUT2D eigenvalue weighted by Gasteiger charge is -2.34. The summed E-state index contributed by atoms with van der Waals surface area (Å²) in [5.74, 6) is 0.597. The number of amides is 2. The topological polar surface area (TPSA) is 74.4 Å². The van der Waals surface area contributed by atoms with Crippen LogP contribution in [0.3, 0.4) is 0 Å². The number of hydrogen-bond acceptors (Lipinski definition) is 3. The number of ether oxygens (including phenoxy) is 1. The van der Waals surface area contributed by atoms with E-state index in [2.05, 4.69) is 10.3 Å². The summed E-state index contributed by atoms with van der Waals surface area (Å²) in [6.45, 7) is 1.76. The van der Waals surface area contributed by atoms with E-state index in [1.54, 1.807) is 7.11 Å². The molecular weight excluding hydrogens is 462 g/mol. The predicted octanol–water partition coefficient (Wildman–Crippen LogP) is 4.91. The molecule has 1 fully saturated rings. The Hall–Kier alpha value is -4.06. The molecule has 0 unspecified atom stereocenters. The van der Waals surface area contributed by atoms with Crippen LogP contribution in [0.5, 0.6) is 5.75 Å². The maximum Gasteiger partial charge on any atom is 0.234 e. The van der Waals surface area contributed by atoms with Crippen molar-refractivity contribution in [2.45, 2.75) is 25.2 Å². The molecule has 190 valence electrons. The van der Waals surface area contributed by atoms with Crippen LogP contribution in [0, 0.1) is 5.92 Å². The van der Waals surface area contributed by atoms with Crippen LogP contribution in [0.4, 0.5) is 0 Å². The quantitative estimate of drug-likeness (QED) is 0.365. The van der Waals surface area contributed by atoms with E-state index >= 15 is 0 Å². The number of fused-ring (bicyclic) bond motifs is 1. The molecule has 1 aliphatic rings. The third kappa shape index (κ3) is 5.53. The summed E-state index contributed by atoms with van der Waals surface area (Å²) in [6.07, 6.45) is 4.10. The lowest BCUT2D eigenvalue weighted by Crippen LogP contribution is -2.45. The summed E-state index contributed by atoms with van der Waals surface area (Å²) in [5.41, 5.74) is 4.20. The van der Waals surface area contributed by atoms with Gasteiger partial charge in [0.1, 0.15) is 5.75 Å². The number of carbonyl (C=O) groups is 2. The summed E-state index contributed by atoms with van der Waals surface area (Å²) < 4.78 is 5.35. The van der Waals surface area contributed by atoms with Crippen LogP contribution in [-0.2, 0) is 16.0 Å². The average molecular weight is 496 g/mol. The van der Waals surface area contributed by atoms with Crippen molar-refractivity contribution in [3.63, 3.8) is 0 Å². The van der Waals surface area contributed by atoms with Gasteiger partial charge in [-0.15, -0.1) is 0 Å². The van der Waals surface area contributed by atoms with Gasteiger partial charge in [0, 0.05) is 42.7 Å². The Kier molecular flexibility index (Phi) is 7.54. The zero-order valence-electron chi connectivity index (χ0n) is 21.2. The van der Waals surface area contributed by atoms with Crippen molar-refractivity contribution in [3.8, 4) is 5.75 Å². The van der Waals surface area contributed by atoms with Crippen molar-refractivity contribution in [2.24, 2.45) is 5.92 Å². The number of nitrogens with zero attached hydrogens (tertiary/aromatic N) is 1. The Balaban J connectivity index is 1.16. The van der Waals surface area contributed by atoms with E-state index in [1.807, 2.05) is 90.0 Å². The number of likely N-dealkylation sites (tertiary alicyclic amines) is 1. The zero-order valence-corrected chi connectivity index (χ0v) is 21.2. The smallest absolute Gasteiger partial charge is 0.234 e. The fourth-order valence-corrected chi connectivity index (χ4v) is 5.27. The lowest BCUT2D eigenvalue weighted by atomic mass is 9.88. The normalized spacial score (nSPS) is 14.2. The number of hydrogen-bond donors (Lipinski definition) is 2. The molecule has 0 radical (unpaired) electrons.